The average Bonchev–Trinajstić information content (AvgIpc) is 3.26. The predicted octanol–water partition coefficient (Wildman–Crippen LogP) is 3.85. The lowest BCUT2D eigenvalue weighted by atomic mass is 10.2. The van der Waals surface area contributed by atoms with E-state index in [1.54, 1.807) is 12.3 Å². The van der Waals surface area contributed by atoms with E-state index in [9.17, 15) is 4.79 Å². The molecule has 0 fully saturated rings. The third-order valence-corrected chi connectivity index (χ3v) is 5.13. The molecule has 8 heteroatoms. The van der Waals surface area contributed by atoms with Crippen LogP contribution in [0.4, 0.5) is 5.95 Å². The van der Waals surface area contributed by atoms with E-state index in [1.807, 2.05) is 36.4 Å². The Labute approximate surface area is 158 Å². The normalized spacial score (nSPS) is 11.0. The summed E-state index contributed by atoms with van der Waals surface area (Å²) in [6.07, 6.45) is 1.62. The van der Waals surface area contributed by atoms with Gasteiger partial charge in [-0.3, -0.25) is 4.79 Å². The number of rotatable bonds is 4. The summed E-state index contributed by atoms with van der Waals surface area (Å²) >= 11 is 7.41. The zero-order chi connectivity index (χ0) is 18.1. The molecule has 4 aromatic rings. The Morgan fingerprint density at radius 1 is 1.19 bits per heavy atom. The van der Waals surface area contributed by atoms with E-state index >= 15 is 0 Å². The summed E-state index contributed by atoms with van der Waals surface area (Å²) in [5.41, 5.74) is 9.08. The minimum atomic E-state index is -0.228. The van der Waals surface area contributed by atoms with Crippen LogP contribution in [-0.4, -0.2) is 20.9 Å². The van der Waals surface area contributed by atoms with Gasteiger partial charge in [0.05, 0.1) is 20.3 Å². The molecule has 4 rings (SSSR count). The lowest BCUT2D eigenvalue weighted by molar-refractivity contribution is 0.0952. The fourth-order valence-electron chi connectivity index (χ4n) is 2.69. The van der Waals surface area contributed by atoms with Gasteiger partial charge in [0.2, 0.25) is 5.95 Å². The molecule has 26 heavy (non-hydrogen) atoms. The van der Waals surface area contributed by atoms with Crippen LogP contribution in [0.1, 0.15) is 15.9 Å². The molecule has 0 saturated carbocycles. The number of aromatic amines is 1. The minimum absolute atomic E-state index is 0.105. The molecule has 1 aromatic carbocycles. The van der Waals surface area contributed by atoms with Crippen molar-refractivity contribution in [3.8, 4) is 10.6 Å². The van der Waals surface area contributed by atoms with Crippen LogP contribution in [0.3, 0.4) is 0 Å². The third-order valence-electron chi connectivity index (χ3n) is 3.89. The van der Waals surface area contributed by atoms with Crippen molar-refractivity contribution in [1.29, 1.82) is 0 Å². The lowest BCUT2D eigenvalue weighted by Crippen LogP contribution is -2.22. The smallest absolute Gasteiger partial charge is 0.255 e. The third kappa shape index (κ3) is 3.14. The maximum atomic E-state index is 12.6. The Hall–Kier alpha value is -2.90. The summed E-state index contributed by atoms with van der Waals surface area (Å²) in [5.74, 6) is -0.123. The first-order chi connectivity index (χ1) is 12.6. The van der Waals surface area contributed by atoms with Crippen molar-refractivity contribution in [3.63, 3.8) is 0 Å². The number of halogens is 1. The summed E-state index contributed by atoms with van der Waals surface area (Å²) in [7, 11) is 0. The Morgan fingerprint density at radius 2 is 2.00 bits per heavy atom. The van der Waals surface area contributed by atoms with Gasteiger partial charge in [-0.2, -0.15) is 0 Å². The van der Waals surface area contributed by atoms with Crippen LogP contribution in [0.5, 0.6) is 0 Å². The van der Waals surface area contributed by atoms with E-state index in [0.717, 1.165) is 10.4 Å². The number of nitrogens with two attached hydrogens (primary N) is 1. The number of aromatic nitrogens is 3. The summed E-state index contributed by atoms with van der Waals surface area (Å²) in [6.45, 7) is 0.431. The number of carbonyl (C=O) groups excluding carboxylic acids is 1. The number of anilines is 1. The molecular weight excluding hydrogens is 370 g/mol. The van der Waals surface area contributed by atoms with Gasteiger partial charge in [-0.05, 0) is 17.7 Å². The number of amides is 1. The molecule has 0 spiro atoms. The van der Waals surface area contributed by atoms with Crippen molar-refractivity contribution in [1.82, 2.24) is 20.3 Å². The fourth-order valence-corrected chi connectivity index (χ4v) is 3.73. The molecule has 0 saturated heterocycles. The summed E-state index contributed by atoms with van der Waals surface area (Å²) in [4.78, 5) is 25.1. The molecule has 6 nitrogen and oxygen atoms in total. The number of thiophene rings is 1. The van der Waals surface area contributed by atoms with Crippen molar-refractivity contribution < 1.29 is 4.79 Å². The van der Waals surface area contributed by atoms with E-state index in [1.165, 1.54) is 11.3 Å². The van der Waals surface area contributed by atoms with Crippen molar-refractivity contribution in [2.75, 3.05) is 5.73 Å². The van der Waals surface area contributed by atoms with Crippen LogP contribution in [0.15, 0.2) is 48.7 Å². The summed E-state index contributed by atoms with van der Waals surface area (Å²) < 4.78 is 0.651. The van der Waals surface area contributed by atoms with Crippen molar-refractivity contribution in [2.24, 2.45) is 0 Å². The van der Waals surface area contributed by atoms with Gasteiger partial charge < -0.3 is 16.0 Å². The number of hydrogen-bond acceptors (Lipinski definition) is 5. The molecule has 0 unspecified atom stereocenters. The Balaban J connectivity index is 1.68. The van der Waals surface area contributed by atoms with Crippen LogP contribution in [-0.2, 0) is 6.54 Å². The minimum Gasteiger partial charge on any atom is -0.368 e. The monoisotopic (exact) mass is 383 g/mol. The summed E-state index contributed by atoms with van der Waals surface area (Å²) in [6, 6.07) is 13.4. The summed E-state index contributed by atoms with van der Waals surface area (Å²) in [5, 5.41) is 2.90. The molecule has 0 bridgehead atoms. The Kier molecular flexibility index (Phi) is 4.32. The second-order valence-corrected chi connectivity index (χ2v) is 7.34. The molecule has 0 aliphatic heterocycles. The first-order valence-corrected chi connectivity index (χ1v) is 9.03. The van der Waals surface area contributed by atoms with Gasteiger partial charge >= 0.3 is 0 Å². The highest BCUT2D eigenvalue weighted by Gasteiger charge is 2.19. The van der Waals surface area contributed by atoms with Gasteiger partial charge in [-0.1, -0.05) is 41.9 Å². The van der Waals surface area contributed by atoms with Crippen molar-refractivity contribution in [2.45, 2.75) is 6.54 Å². The number of nitrogen functional groups attached to an aromatic ring is 1. The van der Waals surface area contributed by atoms with E-state index in [2.05, 4.69) is 20.3 Å². The van der Waals surface area contributed by atoms with Gasteiger partial charge in [0, 0.05) is 12.7 Å². The fraction of sp³-hybridized carbons (Fsp3) is 0.0556. The van der Waals surface area contributed by atoms with E-state index in [-0.39, 0.29) is 11.9 Å². The Bertz CT molecular complexity index is 1090. The first-order valence-electron chi connectivity index (χ1n) is 7.84. The number of nitrogens with zero attached hydrogens (tertiary/aromatic N) is 2. The number of benzene rings is 1. The van der Waals surface area contributed by atoms with Crippen molar-refractivity contribution >= 4 is 45.8 Å². The number of H-pyrrole nitrogens is 1. The first kappa shape index (κ1) is 16.6. The second kappa shape index (κ2) is 6.78. The van der Waals surface area contributed by atoms with Crippen molar-refractivity contribution in [3.05, 3.63) is 64.1 Å². The number of nitrogens with one attached hydrogen (secondary N) is 2. The number of hydrogen-bond donors (Lipinski definition) is 3. The number of fused-ring (bicyclic) bond motifs is 1. The molecule has 1 amide bonds. The number of carbonyl (C=O) groups is 1. The van der Waals surface area contributed by atoms with Crippen LogP contribution in [0, 0.1) is 0 Å². The molecule has 4 N–H and O–H groups in total. The quantitative estimate of drug-likeness (QED) is 0.498. The molecule has 3 heterocycles. The second-order valence-electron chi connectivity index (χ2n) is 5.63. The topological polar surface area (TPSA) is 96.7 Å². The van der Waals surface area contributed by atoms with Crippen LogP contribution >= 0.6 is 22.9 Å². The van der Waals surface area contributed by atoms with Crippen LogP contribution in [0.2, 0.25) is 4.34 Å². The van der Waals surface area contributed by atoms with Crippen LogP contribution in [0.25, 0.3) is 21.6 Å². The largest absolute Gasteiger partial charge is 0.368 e. The predicted molar refractivity (Wildman–Crippen MR) is 104 cm³/mol. The molecule has 0 radical (unpaired) electrons. The molecule has 3 aromatic heterocycles. The Morgan fingerprint density at radius 3 is 2.73 bits per heavy atom. The van der Waals surface area contributed by atoms with E-state index in [0.29, 0.717) is 33.2 Å². The molecular formula is C18H14ClN5OS. The highest BCUT2D eigenvalue weighted by atomic mass is 35.5. The molecule has 0 atom stereocenters. The maximum Gasteiger partial charge on any atom is 0.255 e. The van der Waals surface area contributed by atoms with Gasteiger partial charge in [-0.15, -0.1) is 11.3 Å². The van der Waals surface area contributed by atoms with Gasteiger partial charge in [0.25, 0.3) is 5.91 Å². The molecule has 0 aliphatic rings. The van der Waals surface area contributed by atoms with Gasteiger partial charge in [-0.25, -0.2) is 9.97 Å². The average molecular weight is 384 g/mol. The maximum absolute atomic E-state index is 12.6. The van der Waals surface area contributed by atoms with Gasteiger partial charge in [0.1, 0.15) is 11.2 Å². The zero-order valence-electron chi connectivity index (χ0n) is 13.5. The zero-order valence-corrected chi connectivity index (χ0v) is 15.1. The highest BCUT2D eigenvalue weighted by Crippen LogP contribution is 2.34. The van der Waals surface area contributed by atoms with Crippen LogP contribution < -0.4 is 11.1 Å². The SMILES string of the molecule is Nc1nc(-c2ccc(Cl)s2)c2[nH]cc(C(=O)NCc3ccccc3)c2n1. The molecule has 0 aliphatic carbocycles. The standard InChI is InChI=1S/C18H14ClN5OS/c19-13-7-6-12(26-13)15-16-14(23-18(20)24-15)11(9-21-16)17(25)22-8-10-4-2-1-3-5-10/h1-7,9,21H,8H2,(H,22,25)(H2,20,23,24). The van der Waals surface area contributed by atoms with E-state index < -0.39 is 0 Å². The van der Waals surface area contributed by atoms with Gasteiger partial charge in [0.15, 0.2) is 0 Å². The highest BCUT2D eigenvalue weighted by molar-refractivity contribution is 7.19. The van der Waals surface area contributed by atoms with E-state index in [4.69, 9.17) is 17.3 Å². The lowest BCUT2D eigenvalue weighted by Gasteiger charge is -2.05. The molecule has 130 valence electrons.